The van der Waals surface area contributed by atoms with Gasteiger partial charge in [0.15, 0.2) is 6.10 Å². The lowest BCUT2D eigenvalue weighted by atomic mass is 10.2. The smallest absolute Gasteiger partial charge is 0.334 e. The van der Waals surface area contributed by atoms with Gasteiger partial charge in [-0.1, -0.05) is 13.8 Å². The molecule has 0 saturated carbocycles. The van der Waals surface area contributed by atoms with Gasteiger partial charge in [-0.3, -0.25) is 4.68 Å². The molecule has 0 spiro atoms. The summed E-state index contributed by atoms with van der Waals surface area (Å²) in [5.41, 5.74) is 2.04. The molecule has 0 amide bonds. The van der Waals surface area contributed by atoms with Crippen molar-refractivity contribution in [1.29, 1.82) is 0 Å². The Labute approximate surface area is 101 Å². The fourth-order valence-corrected chi connectivity index (χ4v) is 1.69. The zero-order valence-corrected chi connectivity index (χ0v) is 10.6. The van der Waals surface area contributed by atoms with Crippen molar-refractivity contribution in [1.82, 2.24) is 9.78 Å². The number of aryl methyl sites for hydroxylation is 2. The van der Waals surface area contributed by atoms with Crippen LogP contribution in [-0.4, -0.2) is 33.6 Å². The van der Waals surface area contributed by atoms with Crippen molar-refractivity contribution >= 4 is 5.97 Å². The van der Waals surface area contributed by atoms with Crippen LogP contribution in [-0.2, 0) is 28.9 Å². The first-order valence-corrected chi connectivity index (χ1v) is 6.02. The van der Waals surface area contributed by atoms with Gasteiger partial charge in [0.25, 0.3) is 0 Å². The number of aliphatic carboxylic acids is 1. The number of carboxylic acid groups (broad SMARTS) is 1. The van der Waals surface area contributed by atoms with Gasteiger partial charge in [0, 0.05) is 12.3 Å². The molecule has 0 aromatic carbocycles. The topological polar surface area (TPSA) is 64.4 Å². The minimum atomic E-state index is -0.942. The van der Waals surface area contributed by atoms with Crippen molar-refractivity contribution in [3.8, 4) is 0 Å². The van der Waals surface area contributed by atoms with E-state index in [0.29, 0.717) is 6.61 Å². The number of aromatic nitrogens is 2. The van der Waals surface area contributed by atoms with E-state index in [1.165, 1.54) is 0 Å². The molecule has 1 rings (SSSR count). The molecule has 5 heteroatoms. The lowest BCUT2D eigenvalue weighted by Crippen LogP contribution is -2.30. The Morgan fingerprint density at radius 3 is 2.65 bits per heavy atom. The molecule has 0 aliphatic rings. The molecule has 17 heavy (non-hydrogen) atoms. The lowest BCUT2D eigenvalue weighted by Gasteiger charge is -2.13. The second kappa shape index (κ2) is 6.39. The van der Waals surface area contributed by atoms with Crippen molar-refractivity contribution in [2.45, 2.75) is 46.3 Å². The van der Waals surface area contributed by atoms with Crippen LogP contribution in [0.3, 0.4) is 0 Å². The van der Waals surface area contributed by atoms with E-state index in [1.54, 1.807) is 11.6 Å². The first-order valence-electron chi connectivity index (χ1n) is 6.02. The van der Waals surface area contributed by atoms with E-state index in [-0.39, 0.29) is 6.54 Å². The zero-order valence-electron chi connectivity index (χ0n) is 10.6. The van der Waals surface area contributed by atoms with Crippen molar-refractivity contribution in [2.75, 3.05) is 6.61 Å². The van der Waals surface area contributed by atoms with Gasteiger partial charge in [-0.2, -0.15) is 5.10 Å². The highest BCUT2D eigenvalue weighted by atomic mass is 16.5. The van der Waals surface area contributed by atoms with Gasteiger partial charge < -0.3 is 9.84 Å². The summed E-state index contributed by atoms with van der Waals surface area (Å²) >= 11 is 0. The van der Waals surface area contributed by atoms with Crippen molar-refractivity contribution < 1.29 is 14.6 Å². The van der Waals surface area contributed by atoms with Crippen LogP contribution in [0.2, 0.25) is 0 Å². The van der Waals surface area contributed by atoms with Gasteiger partial charge in [-0.25, -0.2) is 4.79 Å². The number of hydrogen-bond acceptors (Lipinski definition) is 3. The van der Waals surface area contributed by atoms with E-state index >= 15 is 0 Å². The van der Waals surface area contributed by atoms with Gasteiger partial charge in [-0.05, 0) is 25.8 Å². The molecule has 1 aromatic rings. The van der Waals surface area contributed by atoms with Crippen molar-refractivity contribution in [2.24, 2.45) is 0 Å². The van der Waals surface area contributed by atoms with E-state index in [0.717, 1.165) is 24.2 Å². The molecule has 0 bridgehead atoms. The summed E-state index contributed by atoms with van der Waals surface area (Å²) in [6.45, 7) is 6.51. The maximum Gasteiger partial charge on any atom is 0.334 e. The van der Waals surface area contributed by atoms with Gasteiger partial charge in [0.2, 0.25) is 0 Å². The number of carboxylic acids is 1. The predicted octanol–water partition coefficient (Wildman–Crippen LogP) is 1.50. The van der Waals surface area contributed by atoms with Crippen LogP contribution < -0.4 is 0 Å². The summed E-state index contributed by atoms with van der Waals surface area (Å²) in [5, 5.41) is 13.4. The molecule has 0 aliphatic heterocycles. The summed E-state index contributed by atoms with van der Waals surface area (Å²) in [4.78, 5) is 11.0. The molecular weight excluding hydrogens is 220 g/mol. The van der Waals surface area contributed by atoms with Gasteiger partial charge in [-0.15, -0.1) is 0 Å². The monoisotopic (exact) mass is 240 g/mol. The lowest BCUT2D eigenvalue weighted by molar-refractivity contribution is -0.151. The van der Waals surface area contributed by atoms with Crippen molar-refractivity contribution in [3.05, 3.63) is 17.5 Å². The van der Waals surface area contributed by atoms with E-state index < -0.39 is 12.1 Å². The highest BCUT2D eigenvalue weighted by Gasteiger charge is 2.20. The molecule has 1 aromatic heterocycles. The molecule has 0 radical (unpaired) electrons. The molecular formula is C12H20N2O3. The Bertz CT molecular complexity index is 374. The second-order valence-corrected chi connectivity index (χ2v) is 3.80. The Kier molecular flexibility index (Phi) is 5.15. The fourth-order valence-electron chi connectivity index (χ4n) is 1.69. The molecule has 1 unspecified atom stereocenters. The second-order valence-electron chi connectivity index (χ2n) is 3.80. The highest BCUT2D eigenvalue weighted by Crippen LogP contribution is 2.08. The minimum absolute atomic E-state index is 0.270. The van der Waals surface area contributed by atoms with E-state index in [1.807, 2.05) is 19.9 Å². The summed E-state index contributed by atoms with van der Waals surface area (Å²) in [6.07, 6.45) is 0.868. The van der Waals surface area contributed by atoms with Crippen LogP contribution in [0.1, 0.15) is 32.2 Å². The molecule has 5 nitrogen and oxygen atoms in total. The third-order valence-electron chi connectivity index (χ3n) is 2.62. The summed E-state index contributed by atoms with van der Waals surface area (Å²) < 4.78 is 6.93. The van der Waals surface area contributed by atoms with Crippen LogP contribution in [0.15, 0.2) is 6.07 Å². The van der Waals surface area contributed by atoms with Crippen LogP contribution in [0, 0.1) is 0 Å². The van der Waals surface area contributed by atoms with Gasteiger partial charge in [0.1, 0.15) is 0 Å². The molecule has 1 atom stereocenters. The Morgan fingerprint density at radius 2 is 2.18 bits per heavy atom. The normalized spacial score (nSPS) is 12.6. The number of rotatable bonds is 7. The van der Waals surface area contributed by atoms with E-state index in [4.69, 9.17) is 9.84 Å². The van der Waals surface area contributed by atoms with Crippen LogP contribution in [0.4, 0.5) is 0 Å². The third kappa shape index (κ3) is 3.56. The number of carbonyl (C=O) groups is 1. The Balaban J connectivity index is 2.83. The molecule has 1 heterocycles. The number of hydrogen-bond donors (Lipinski definition) is 1. The molecule has 1 N–H and O–H groups in total. The van der Waals surface area contributed by atoms with Crippen LogP contribution in [0.5, 0.6) is 0 Å². The highest BCUT2D eigenvalue weighted by molar-refractivity contribution is 5.72. The first-order chi connectivity index (χ1) is 8.12. The maximum atomic E-state index is 11.0. The molecule has 0 aliphatic carbocycles. The Hall–Kier alpha value is -1.36. The Morgan fingerprint density at radius 1 is 1.47 bits per heavy atom. The van der Waals surface area contributed by atoms with Gasteiger partial charge in [0.05, 0.1) is 12.2 Å². The third-order valence-corrected chi connectivity index (χ3v) is 2.62. The molecule has 0 saturated heterocycles. The number of nitrogens with zero attached hydrogens (tertiary/aromatic N) is 2. The quantitative estimate of drug-likeness (QED) is 0.784. The fraction of sp³-hybridized carbons (Fsp3) is 0.667. The van der Waals surface area contributed by atoms with E-state index in [2.05, 4.69) is 5.10 Å². The predicted molar refractivity (Wildman–Crippen MR) is 64.0 cm³/mol. The summed E-state index contributed by atoms with van der Waals surface area (Å²) in [5.74, 6) is -0.942. The summed E-state index contributed by atoms with van der Waals surface area (Å²) in [7, 11) is 0. The standard InChI is InChI=1S/C12H20N2O3/c1-4-9-7-10(5-2)14(13-9)8-11(12(15)16)17-6-3/h7,11H,4-6,8H2,1-3H3,(H,15,16). The average molecular weight is 240 g/mol. The van der Waals surface area contributed by atoms with Gasteiger partial charge >= 0.3 is 5.97 Å². The first kappa shape index (κ1) is 13.7. The molecule has 96 valence electrons. The largest absolute Gasteiger partial charge is 0.479 e. The maximum absolute atomic E-state index is 11.0. The van der Waals surface area contributed by atoms with E-state index in [9.17, 15) is 4.79 Å². The number of ether oxygens (including phenoxy) is 1. The average Bonchev–Trinajstić information content (AvgIpc) is 2.70. The zero-order chi connectivity index (χ0) is 12.8. The van der Waals surface area contributed by atoms with Crippen LogP contribution >= 0.6 is 0 Å². The minimum Gasteiger partial charge on any atom is -0.479 e. The van der Waals surface area contributed by atoms with Crippen molar-refractivity contribution in [3.63, 3.8) is 0 Å². The summed E-state index contributed by atoms with van der Waals surface area (Å²) in [6, 6.07) is 2.02. The molecule has 0 fully saturated rings. The van der Waals surface area contributed by atoms with Crippen LogP contribution in [0.25, 0.3) is 0 Å². The SMILES string of the molecule is CCOC(Cn1nc(CC)cc1CC)C(=O)O.